The summed E-state index contributed by atoms with van der Waals surface area (Å²) in [5.74, 6) is -0.778. The highest BCUT2D eigenvalue weighted by Gasteiger charge is 2.21. The van der Waals surface area contributed by atoms with Crippen molar-refractivity contribution in [2.75, 3.05) is 29.3 Å². The minimum absolute atomic E-state index is 0.0440. The lowest BCUT2D eigenvalue weighted by Gasteiger charge is -2.20. The Morgan fingerprint density at radius 3 is 1.92 bits per heavy atom. The summed E-state index contributed by atoms with van der Waals surface area (Å²) in [6.45, 7) is 0.810. The molecule has 0 saturated heterocycles. The van der Waals surface area contributed by atoms with E-state index in [9.17, 15) is 40.3 Å². The van der Waals surface area contributed by atoms with E-state index in [4.69, 9.17) is 10.5 Å². The number of carboxylic acids is 1. The van der Waals surface area contributed by atoms with Crippen molar-refractivity contribution in [3.8, 4) is 0 Å². The highest BCUT2D eigenvalue weighted by atomic mass is 32.2. The van der Waals surface area contributed by atoms with Crippen LogP contribution in [0.25, 0.3) is 10.8 Å². The smallest absolute Gasteiger partial charge is 0.303 e. The predicted molar refractivity (Wildman–Crippen MR) is 194 cm³/mol. The molecule has 52 heavy (non-hydrogen) atoms. The Labute approximate surface area is 297 Å². The summed E-state index contributed by atoms with van der Waals surface area (Å²) in [5.41, 5.74) is 5.43. The Kier molecular flexibility index (Phi) is 11.2. The molecule has 5 rings (SSSR count). The van der Waals surface area contributed by atoms with Crippen molar-refractivity contribution < 1.29 is 35.8 Å². The second kappa shape index (κ2) is 15.4. The number of nitrogens with one attached hydrogen (secondary N) is 3. The summed E-state index contributed by atoms with van der Waals surface area (Å²) in [6, 6.07) is 17.3. The fourth-order valence-electron chi connectivity index (χ4n) is 5.79. The number of benzene rings is 3. The van der Waals surface area contributed by atoms with E-state index >= 15 is 0 Å². The van der Waals surface area contributed by atoms with E-state index in [0.29, 0.717) is 18.2 Å². The van der Waals surface area contributed by atoms with Gasteiger partial charge in [-0.05, 0) is 61.4 Å². The Morgan fingerprint density at radius 1 is 0.750 bits per heavy atom. The number of fused-ring (bicyclic) bond motifs is 1. The molecule has 0 aliphatic heterocycles. The van der Waals surface area contributed by atoms with E-state index in [1.54, 1.807) is 12.1 Å². The Morgan fingerprint density at radius 2 is 1.31 bits per heavy atom. The van der Waals surface area contributed by atoms with Gasteiger partial charge in [0.05, 0.1) is 38.2 Å². The maximum Gasteiger partial charge on any atom is 0.303 e. The van der Waals surface area contributed by atoms with Crippen LogP contribution in [0.5, 0.6) is 0 Å². The molecule has 0 radical (unpaired) electrons. The number of hydrogen-bond acceptors (Lipinski definition) is 12. The van der Waals surface area contributed by atoms with Gasteiger partial charge in [-0.2, -0.15) is 16.8 Å². The number of unbranched alkanes of at least 4 members (excludes halogenated alkanes) is 4. The first-order valence-electron chi connectivity index (χ1n) is 16.0. The Bertz CT molecular complexity index is 2680. The van der Waals surface area contributed by atoms with Crippen molar-refractivity contribution in [1.29, 1.82) is 5.41 Å². The van der Waals surface area contributed by atoms with E-state index < -0.39 is 73.7 Å². The summed E-state index contributed by atoms with van der Waals surface area (Å²) in [7, 11) is -8.13. The number of hydrogen-bond donors (Lipinski definition) is 6. The van der Waals surface area contributed by atoms with Crippen LogP contribution in [-0.2, 0) is 25.0 Å². The molecule has 15 nitrogen and oxygen atoms in total. The van der Waals surface area contributed by atoms with Crippen LogP contribution in [0, 0.1) is 15.8 Å². The molecule has 0 fully saturated rings. The first kappa shape index (κ1) is 37.8. The molecular formula is C35H35N5O10S2. The Hall–Kier alpha value is -5.49. The van der Waals surface area contributed by atoms with Gasteiger partial charge in [0.1, 0.15) is 9.79 Å². The fourth-order valence-corrected chi connectivity index (χ4v) is 7.07. The molecule has 0 saturated carbocycles. The van der Waals surface area contributed by atoms with Crippen LogP contribution >= 0.6 is 0 Å². The third kappa shape index (κ3) is 8.51. The fraction of sp³-hybridized carbons (Fsp3) is 0.229. The average molecular weight is 750 g/mol. The maximum atomic E-state index is 13.6. The number of rotatable bonds is 15. The van der Waals surface area contributed by atoms with E-state index in [1.807, 2.05) is 19.2 Å². The van der Waals surface area contributed by atoms with Gasteiger partial charge >= 0.3 is 5.97 Å². The topological polar surface area (TPSA) is 244 Å². The third-order valence-corrected chi connectivity index (χ3v) is 10.2. The lowest BCUT2D eigenvalue weighted by molar-refractivity contribution is -0.137. The van der Waals surface area contributed by atoms with Crippen molar-refractivity contribution in [2.24, 2.45) is 4.99 Å². The SMILES string of the molecule is CN(CCCCCCCC(=O)O)c1ccc(NNc2ccc(N=c3cc(S(=O)(=O)O)c(=N)c4c(=O)c5ccccc5c(=O)c3=4)c(S(=O)(=O)O)c2)cc1. The van der Waals surface area contributed by atoms with Gasteiger partial charge in [-0.25, -0.2) is 4.99 Å². The molecule has 0 amide bonds. The number of nitrogens with zero attached hydrogens (tertiary/aromatic N) is 2. The second-order valence-electron chi connectivity index (χ2n) is 12.1. The van der Waals surface area contributed by atoms with Gasteiger partial charge in [-0.1, -0.05) is 43.5 Å². The molecule has 0 spiro atoms. The van der Waals surface area contributed by atoms with Crippen LogP contribution < -0.4 is 37.3 Å². The van der Waals surface area contributed by atoms with E-state index in [1.165, 1.54) is 36.4 Å². The first-order chi connectivity index (χ1) is 24.6. The van der Waals surface area contributed by atoms with Gasteiger partial charge < -0.3 is 20.9 Å². The first-order valence-corrected chi connectivity index (χ1v) is 18.9. The largest absolute Gasteiger partial charge is 0.481 e. The van der Waals surface area contributed by atoms with Crippen molar-refractivity contribution in [3.63, 3.8) is 0 Å². The zero-order chi connectivity index (χ0) is 37.8. The molecule has 272 valence electrons. The third-order valence-electron chi connectivity index (χ3n) is 8.44. The van der Waals surface area contributed by atoms with Crippen LogP contribution in [0.15, 0.2) is 97.2 Å². The van der Waals surface area contributed by atoms with Crippen molar-refractivity contribution in [3.05, 3.63) is 114 Å². The van der Waals surface area contributed by atoms with Gasteiger partial charge in [-0.3, -0.25) is 28.9 Å². The van der Waals surface area contributed by atoms with Gasteiger partial charge in [0.25, 0.3) is 20.2 Å². The standard InChI is InChI=1S/C35H35N5O10S2/c1-40(18-8-4-2-3-5-11-30(41)42)23-15-12-21(13-16-23)38-39-22-14-17-26(28(19-22)51(45,46)47)37-27-20-29(52(48,49)50)33(36)32-31(27)34(43)24-9-6-7-10-25(24)35(32)44/h6-7,9-10,12-17,19-20,36,38-39H,2-5,8,11,18H2,1H3,(H,41,42)(H,45,46,47)(H,48,49,50). The number of carboxylic acid groups (broad SMARTS) is 1. The summed E-state index contributed by atoms with van der Waals surface area (Å²) in [6.07, 6.45) is 4.65. The molecule has 0 atom stereocenters. The summed E-state index contributed by atoms with van der Waals surface area (Å²) < 4.78 is 69.4. The van der Waals surface area contributed by atoms with Crippen LogP contribution in [0.2, 0.25) is 0 Å². The summed E-state index contributed by atoms with van der Waals surface area (Å²) in [4.78, 5) is 42.1. The highest BCUT2D eigenvalue weighted by Crippen LogP contribution is 2.28. The van der Waals surface area contributed by atoms with Crippen molar-refractivity contribution in [1.82, 2.24) is 0 Å². The molecular weight excluding hydrogens is 715 g/mol. The number of aliphatic carboxylic acids is 1. The van der Waals surface area contributed by atoms with Crippen LogP contribution in [0.3, 0.4) is 0 Å². The molecule has 3 aromatic rings. The maximum absolute atomic E-state index is 13.6. The molecule has 2 aliphatic carbocycles. The molecule has 17 heteroatoms. The zero-order valence-corrected chi connectivity index (χ0v) is 29.4. The van der Waals surface area contributed by atoms with E-state index in [0.717, 1.165) is 44.0 Å². The molecule has 6 N–H and O–H groups in total. The van der Waals surface area contributed by atoms with Gasteiger partial charge in [0, 0.05) is 36.5 Å². The van der Waals surface area contributed by atoms with Crippen LogP contribution in [0.1, 0.15) is 38.5 Å². The zero-order valence-electron chi connectivity index (χ0n) is 27.8. The monoisotopic (exact) mass is 749 g/mol. The molecule has 0 bridgehead atoms. The lowest BCUT2D eigenvalue weighted by atomic mass is 10.0. The van der Waals surface area contributed by atoms with Gasteiger partial charge in [0.2, 0.25) is 0 Å². The normalized spacial score (nSPS) is 12.3. The molecule has 0 heterocycles. The predicted octanol–water partition coefficient (Wildman–Crippen LogP) is 3.67. The number of anilines is 3. The second-order valence-corrected chi connectivity index (χ2v) is 14.9. The lowest BCUT2D eigenvalue weighted by Crippen LogP contribution is -2.32. The number of carbonyl (C=O) groups is 1. The van der Waals surface area contributed by atoms with Crippen molar-refractivity contribution in [2.45, 2.75) is 48.3 Å². The summed E-state index contributed by atoms with van der Waals surface area (Å²) in [5, 5.41) is 14.4. The van der Waals surface area contributed by atoms with Gasteiger partial charge in [0.15, 0.2) is 10.9 Å². The van der Waals surface area contributed by atoms with Crippen molar-refractivity contribution >= 4 is 59.7 Å². The van der Waals surface area contributed by atoms with E-state index in [2.05, 4.69) is 20.7 Å². The van der Waals surface area contributed by atoms with Crippen LogP contribution in [-0.4, -0.2) is 50.6 Å². The minimum atomic E-state index is -5.11. The minimum Gasteiger partial charge on any atom is -0.481 e. The number of hydrazine groups is 1. The molecule has 2 aliphatic rings. The quantitative estimate of drug-likeness (QED) is 0.0509. The van der Waals surface area contributed by atoms with E-state index in [-0.39, 0.29) is 22.9 Å². The van der Waals surface area contributed by atoms with Gasteiger partial charge in [-0.15, -0.1) is 0 Å². The average Bonchev–Trinajstić information content (AvgIpc) is 3.09. The molecule has 3 aromatic carbocycles. The highest BCUT2D eigenvalue weighted by molar-refractivity contribution is 7.86. The molecule has 0 aromatic heterocycles. The Balaban J connectivity index is 1.43. The van der Waals surface area contributed by atoms with Crippen LogP contribution in [0.4, 0.5) is 22.7 Å². The summed E-state index contributed by atoms with van der Waals surface area (Å²) >= 11 is 0. The molecule has 0 unspecified atom stereocenters.